The number of H-pyrrole nitrogens is 1. The average molecular weight is 309 g/mol. The summed E-state index contributed by atoms with van der Waals surface area (Å²) >= 11 is 0. The van der Waals surface area contributed by atoms with Gasteiger partial charge in [-0.15, -0.1) is 0 Å². The van der Waals surface area contributed by atoms with Gasteiger partial charge >= 0.3 is 5.97 Å². The van der Waals surface area contributed by atoms with Crippen LogP contribution >= 0.6 is 0 Å². The minimum atomic E-state index is -3.88. The van der Waals surface area contributed by atoms with Crippen molar-refractivity contribution in [1.29, 1.82) is 0 Å². The van der Waals surface area contributed by atoms with Gasteiger partial charge in [0, 0.05) is 6.54 Å². The first-order chi connectivity index (χ1) is 9.91. The molecule has 0 unspecified atom stereocenters. The lowest BCUT2D eigenvalue weighted by Crippen LogP contribution is -2.33. The predicted octanol–water partition coefficient (Wildman–Crippen LogP) is 1.39. The van der Waals surface area contributed by atoms with Crippen LogP contribution in [0.3, 0.4) is 0 Å². The molecule has 0 aliphatic carbocycles. The highest BCUT2D eigenvalue weighted by atomic mass is 32.2. The average Bonchev–Trinajstić information content (AvgIpc) is 2.87. The molecule has 0 amide bonds. The number of sulfonamides is 1. The van der Waals surface area contributed by atoms with E-state index >= 15 is 0 Å². The van der Waals surface area contributed by atoms with Crippen LogP contribution in [0.25, 0.3) is 0 Å². The number of hydrogen-bond acceptors (Lipinski definition) is 4. The molecule has 21 heavy (non-hydrogen) atoms. The van der Waals surface area contributed by atoms with Gasteiger partial charge < -0.3 is 10.1 Å². The predicted molar refractivity (Wildman–Crippen MR) is 76.6 cm³/mol. The van der Waals surface area contributed by atoms with Crippen LogP contribution in [0.2, 0.25) is 0 Å². The molecule has 1 heterocycles. The fourth-order valence-corrected chi connectivity index (χ4v) is 3.26. The van der Waals surface area contributed by atoms with Crippen molar-refractivity contribution >= 4 is 21.7 Å². The van der Waals surface area contributed by atoms with E-state index in [9.17, 15) is 13.2 Å². The van der Waals surface area contributed by atoms with Gasteiger partial charge in [-0.05, 0) is 19.1 Å². The van der Waals surface area contributed by atoms with E-state index in [1.165, 1.54) is 6.20 Å². The van der Waals surface area contributed by atoms with Crippen molar-refractivity contribution in [1.82, 2.24) is 9.97 Å². The number of imidazole rings is 1. The number of anilines is 1. The van der Waals surface area contributed by atoms with Gasteiger partial charge in [0.05, 0.1) is 18.3 Å². The van der Waals surface area contributed by atoms with Crippen LogP contribution in [-0.4, -0.2) is 36.0 Å². The fourth-order valence-electron chi connectivity index (χ4n) is 1.83. The van der Waals surface area contributed by atoms with Gasteiger partial charge in [0.15, 0.2) is 5.03 Å². The molecule has 2 N–H and O–H groups in total. The number of para-hydroxylation sites is 1. The van der Waals surface area contributed by atoms with E-state index in [0.29, 0.717) is 11.5 Å². The van der Waals surface area contributed by atoms with Crippen LogP contribution < -0.4 is 4.31 Å². The highest BCUT2D eigenvalue weighted by molar-refractivity contribution is 7.92. The molecule has 0 fully saturated rings. The van der Waals surface area contributed by atoms with Crippen LogP contribution in [0, 0.1) is 6.92 Å². The van der Waals surface area contributed by atoms with E-state index in [4.69, 9.17) is 5.11 Å². The lowest BCUT2D eigenvalue weighted by atomic mass is 10.3. The Bertz CT molecular complexity index is 725. The van der Waals surface area contributed by atoms with Crippen molar-refractivity contribution in [3.05, 3.63) is 42.4 Å². The monoisotopic (exact) mass is 309 g/mol. The third-order valence-corrected chi connectivity index (χ3v) is 4.56. The second-order valence-electron chi connectivity index (χ2n) is 4.39. The molecule has 0 saturated heterocycles. The third-order valence-electron chi connectivity index (χ3n) is 2.82. The molecule has 0 spiro atoms. The van der Waals surface area contributed by atoms with Gasteiger partial charge in [-0.25, -0.2) is 4.98 Å². The zero-order valence-electron chi connectivity index (χ0n) is 11.4. The number of aromatic nitrogens is 2. The van der Waals surface area contributed by atoms with Crippen LogP contribution in [-0.2, 0) is 14.8 Å². The lowest BCUT2D eigenvalue weighted by Gasteiger charge is -2.22. The summed E-state index contributed by atoms with van der Waals surface area (Å²) in [4.78, 5) is 17.3. The number of carbonyl (C=O) groups is 1. The van der Waals surface area contributed by atoms with E-state index in [1.807, 2.05) is 0 Å². The molecule has 1 aromatic heterocycles. The molecule has 2 aromatic rings. The Kier molecular flexibility index (Phi) is 4.27. The molecule has 0 aliphatic rings. The van der Waals surface area contributed by atoms with Crippen LogP contribution in [0.5, 0.6) is 0 Å². The number of nitrogens with one attached hydrogen (secondary N) is 1. The summed E-state index contributed by atoms with van der Waals surface area (Å²) < 4.78 is 26.3. The van der Waals surface area contributed by atoms with Crippen LogP contribution in [0.4, 0.5) is 5.69 Å². The van der Waals surface area contributed by atoms with Gasteiger partial charge in [0.1, 0.15) is 5.82 Å². The number of aryl methyl sites for hydroxylation is 1. The number of nitrogens with zero attached hydrogens (tertiary/aromatic N) is 2. The number of hydrogen-bond donors (Lipinski definition) is 2. The summed E-state index contributed by atoms with van der Waals surface area (Å²) in [6.07, 6.45) is 0.933. The lowest BCUT2D eigenvalue weighted by molar-refractivity contribution is -0.136. The number of carboxylic acids is 1. The van der Waals surface area contributed by atoms with E-state index in [2.05, 4.69) is 9.97 Å². The minimum absolute atomic E-state index is 0.0609. The highest BCUT2D eigenvalue weighted by Gasteiger charge is 2.27. The Morgan fingerprint density at radius 2 is 2.00 bits per heavy atom. The number of rotatable bonds is 6. The van der Waals surface area contributed by atoms with Crippen molar-refractivity contribution in [3.63, 3.8) is 0 Å². The minimum Gasteiger partial charge on any atom is -0.481 e. The van der Waals surface area contributed by atoms with E-state index in [1.54, 1.807) is 37.3 Å². The van der Waals surface area contributed by atoms with Crippen molar-refractivity contribution < 1.29 is 18.3 Å². The first-order valence-electron chi connectivity index (χ1n) is 6.22. The number of carboxylic acid groups (broad SMARTS) is 1. The molecule has 0 bridgehead atoms. The Labute approximate surface area is 122 Å². The molecular formula is C13H15N3O4S. The van der Waals surface area contributed by atoms with Crippen LogP contribution in [0.1, 0.15) is 12.2 Å². The maximum atomic E-state index is 12.6. The summed E-state index contributed by atoms with van der Waals surface area (Å²) in [6, 6.07) is 8.37. The third kappa shape index (κ3) is 3.40. The fraction of sp³-hybridized carbons (Fsp3) is 0.231. The Hall–Kier alpha value is -2.35. The van der Waals surface area contributed by atoms with Gasteiger partial charge in [0.2, 0.25) is 0 Å². The number of aliphatic carboxylic acids is 1. The zero-order chi connectivity index (χ0) is 15.5. The summed E-state index contributed by atoms with van der Waals surface area (Å²) in [5.74, 6) is -0.591. The first kappa shape index (κ1) is 15.0. The molecule has 112 valence electrons. The van der Waals surface area contributed by atoms with E-state index < -0.39 is 16.0 Å². The summed E-state index contributed by atoms with van der Waals surface area (Å²) in [7, 11) is -3.88. The summed E-state index contributed by atoms with van der Waals surface area (Å²) in [5.41, 5.74) is 0.408. The van der Waals surface area contributed by atoms with Gasteiger partial charge in [-0.3, -0.25) is 9.10 Å². The van der Waals surface area contributed by atoms with Gasteiger partial charge in [-0.1, -0.05) is 18.2 Å². The molecular weight excluding hydrogens is 294 g/mol. The Balaban J connectivity index is 2.41. The molecule has 2 rings (SSSR count). The maximum Gasteiger partial charge on any atom is 0.305 e. The van der Waals surface area contributed by atoms with Crippen molar-refractivity contribution in [2.75, 3.05) is 10.8 Å². The molecule has 0 radical (unpaired) electrons. The van der Waals surface area contributed by atoms with Gasteiger partial charge in [0.25, 0.3) is 10.0 Å². The Morgan fingerprint density at radius 3 is 2.52 bits per heavy atom. The number of benzene rings is 1. The maximum absolute atomic E-state index is 12.6. The van der Waals surface area contributed by atoms with Crippen molar-refractivity contribution in [3.8, 4) is 0 Å². The molecule has 0 aliphatic heterocycles. The van der Waals surface area contributed by atoms with Crippen molar-refractivity contribution in [2.45, 2.75) is 18.4 Å². The largest absolute Gasteiger partial charge is 0.481 e. The molecule has 7 nitrogen and oxygen atoms in total. The Morgan fingerprint density at radius 1 is 1.33 bits per heavy atom. The second kappa shape index (κ2) is 5.96. The van der Waals surface area contributed by atoms with E-state index in [0.717, 1.165) is 4.31 Å². The SMILES string of the molecule is Cc1ncc(S(=O)(=O)N(CCC(=O)O)c2ccccc2)[nH]1. The standard InChI is InChI=1S/C13H15N3O4S/c1-10-14-9-12(15-10)21(19,20)16(8-7-13(17)18)11-5-3-2-4-6-11/h2-6,9H,7-8H2,1H3,(H,14,15)(H,17,18). The molecule has 8 heteroatoms. The van der Waals surface area contributed by atoms with Crippen molar-refractivity contribution in [2.24, 2.45) is 0 Å². The molecule has 0 atom stereocenters. The quantitative estimate of drug-likeness (QED) is 0.839. The molecule has 0 saturated carbocycles. The summed E-state index contributed by atoms with van der Waals surface area (Å²) in [5, 5.41) is 8.75. The number of aromatic amines is 1. The molecule has 1 aromatic carbocycles. The smallest absolute Gasteiger partial charge is 0.305 e. The highest BCUT2D eigenvalue weighted by Crippen LogP contribution is 2.22. The van der Waals surface area contributed by atoms with Crippen LogP contribution in [0.15, 0.2) is 41.6 Å². The topological polar surface area (TPSA) is 103 Å². The van der Waals surface area contributed by atoms with Gasteiger partial charge in [-0.2, -0.15) is 8.42 Å². The first-order valence-corrected chi connectivity index (χ1v) is 7.66. The zero-order valence-corrected chi connectivity index (χ0v) is 12.2. The van der Waals surface area contributed by atoms with E-state index in [-0.39, 0.29) is 18.0 Å². The summed E-state index contributed by atoms with van der Waals surface area (Å²) in [6.45, 7) is 1.49. The normalized spacial score (nSPS) is 11.3. The second-order valence-corrected chi connectivity index (χ2v) is 6.22.